The molecule has 0 spiro atoms. The molecule has 0 atom stereocenters. The molecule has 0 saturated carbocycles. The number of para-hydroxylation sites is 1. The lowest BCUT2D eigenvalue weighted by Gasteiger charge is -2.14. The lowest BCUT2D eigenvalue weighted by molar-refractivity contribution is 0.0972. The van der Waals surface area contributed by atoms with Crippen LogP contribution in [0.5, 0.6) is 0 Å². The van der Waals surface area contributed by atoms with Gasteiger partial charge in [-0.2, -0.15) is 5.10 Å². The fourth-order valence-electron chi connectivity index (χ4n) is 2.28. The highest BCUT2D eigenvalue weighted by Gasteiger charge is 2.24. The van der Waals surface area contributed by atoms with E-state index in [2.05, 4.69) is 5.10 Å². The van der Waals surface area contributed by atoms with Crippen molar-refractivity contribution in [2.75, 3.05) is 0 Å². The smallest absolute Gasteiger partial charge is 0.166 e. The summed E-state index contributed by atoms with van der Waals surface area (Å²) >= 11 is 6.01. The van der Waals surface area contributed by atoms with Crippen LogP contribution < -0.4 is 0 Å². The molecule has 1 heterocycles. The van der Waals surface area contributed by atoms with E-state index in [1.165, 1.54) is 16.9 Å². The molecule has 92 valence electrons. The molecule has 1 aromatic heterocycles. The molecule has 0 saturated heterocycles. The van der Waals surface area contributed by atoms with Crippen molar-refractivity contribution >= 4 is 17.4 Å². The number of carbonyl (C=O) groups is 1. The average Bonchev–Trinajstić information content (AvgIpc) is 2.75. The summed E-state index contributed by atoms with van der Waals surface area (Å²) in [6.45, 7) is 0. The van der Waals surface area contributed by atoms with Crippen LogP contribution in [0.1, 0.15) is 28.9 Å². The van der Waals surface area contributed by atoms with E-state index in [0.717, 1.165) is 12.1 Å². The number of halogens is 2. The van der Waals surface area contributed by atoms with E-state index in [0.29, 0.717) is 23.4 Å². The molecule has 3 rings (SSSR count). The third-order valence-corrected chi connectivity index (χ3v) is 3.44. The number of fused-ring (bicyclic) bond motifs is 1. The number of rotatable bonds is 1. The van der Waals surface area contributed by atoms with Gasteiger partial charge in [-0.25, -0.2) is 9.07 Å². The lowest BCUT2D eigenvalue weighted by atomic mass is 9.97. The molecule has 0 N–H and O–H groups in total. The molecular formula is C13H10ClFN2O. The fraction of sp³-hybridized carbons (Fsp3) is 0.231. The van der Waals surface area contributed by atoms with Gasteiger partial charge in [0.25, 0.3) is 0 Å². The number of carbonyl (C=O) groups excluding carboxylic acids is 1. The van der Waals surface area contributed by atoms with Gasteiger partial charge < -0.3 is 0 Å². The molecule has 1 aromatic carbocycles. The topological polar surface area (TPSA) is 34.9 Å². The zero-order valence-corrected chi connectivity index (χ0v) is 10.2. The minimum absolute atomic E-state index is 0.0648. The second kappa shape index (κ2) is 4.21. The second-order valence-electron chi connectivity index (χ2n) is 4.26. The Morgan fingerprint density at radius 3 is 2.94 bits per heavy atom. The quantitative estimate of drug-likeness (QED) is 0.793. The molecule has 3 nitrogen and oxygen atoms in total. The van der Waals surface area contributed by atoms with Gasteiger partial charge >= 0.3 is 0 Å². The normalized spacial score (nSPS) is 14.7. The van der Waals surface area contributed by atoms with Crippen LogP contribution in [0.2, 0.25) is 5.02 Å². The van der Waals surface area contributed by atoms with Gasteiger partial charge in [-0.15, -0.1) is 0 Å². The summed E-state index contributed by atoms with van der Waals surface area (Å²) in [5.41, 5.74) is 1.55. The number of Topliss-reactive ketones (excluding diaryl/α,β-unsaturated/α-hetero) is 1. The van der Waals surface area contributed by atoms with Crippen molar-refractivity contribution in [2.45, 2.75) is 19.3 Å². The lowest BCUT2D eigenvalue weighted by Crippen LogP contribution is -2.13. The minimum atomic E-state index is -0.438. The number of benzene rings is 1. The number of hydrogen-bond acceptors (Lipinski definition) is 2. The Kier molecular flexibility index (Phi) is 2.67. The molecule has 0 aliphatic heterocycles. The van der Waals surface area contributed by atoms with E-state index in [4.69, 9.17) is 11.6 Å². The average molecular weight is 265 g/mol. The van der Waals surface area contributed by atoms with E-state index in [9.17, 15) is 9.18 Å². The molecule has 1 aliphatic rings. The first kappa shape index (κ1) is 11.4. The van der Waals surface area contributed by atoms with Crippen molar-refractivity contribution in [3.8, 4) is 5.69 Å². The Morgan fingerprint density at radius 2 is 2.17 bits per heavy atom. The molecule has 0 fully saturated rings. The van der Waals surface area contributed by atoms with Crippen LogP contribution in [0, 0.1) is 5.82 Å². The van der Waals surface area contributed by atoms with Gasteiger partial charge in [0, 0.05) is 6.42 Å². The number of ketones is 1. The summed E-state index contributed by atoms with van der Waals surface area (Å²) in [5, 5.41) is 4.40. The van der Waals surface area contributed by atoms with Crippen LogP contribution in [0.25, 0.3) is 5.69 Å². The van der Waals surface area contributed by atoms with E-state index < -0.39 is 5.82 Å². The summed E-state index contributed by atoms with van der Waals surface area (Å²) in [6, 6.07) is 4.49. The van der Waals surface area contributed by atoms with Crippen LogP contribution in [0.4, 0.5) is 4.39 Å². The fourth-order valence-corrected chi connectivity index (χ4v) is 2.53. The highest BCUT2D eigenvalue weighted by Crippen LogP contribution is 2.28. The van der Waals surface area contributed by atoms with Crippen molar-refractivity contribution in [2.24, 2.45) is 0 Å². The highest BCUT2D eigenvalue weighted by molar-refractivity contribution is 6.32. The van der Waals surface area contributed by atoms with Crippen molar-refractivity contribution in [1.82, 2.24) is 9.78 Å². The predicted molar refractivity (Wildman–Crippen MR) is 65.8 cm³/mol. The summed E-state index contributed by atoms with van der Waals surface area (Å²) in [4.78, 5) is 11.7. The van der Waals surface area contributed by atoms with E-state index in [1.54, 1.807) is 12.1 Å². The molecule has 5 heteroatoms. The molecule has 2 aromatic rings. The monoisotopic (exact) mass is 264 g/mol. The largest absolute Gasteiger partial charge is 0.294 e. The van der Waals surface area contributed by atoms with Gasteiger partial charge in [-0.05, 0) is 25.0 Å². The molecular weight excluding hydrogens is 255 g/mol. The first-order valence-electron chi connectivity index (χ1n) is 5.73. The summed E-state index contributed by atoms with van der Waals surface area (Å²) < 4.78 is 15.3. The Morgan fingerprint density at radius 1 is 1.33 bits per heavy atom. The maximum absolute atomic E-state index is 13.9. The molecule has 0 unspecified atom stereocenters. The summed E-state index contributed by atoms with van der Waals surface area (Å²) in [7, 11) is 0. The molecule has 0 amide bonds. The van der Waals surface area contributed by atoms with E-state index in [-0.39, 0.29) is 11.5 Å². The van der Waals surface area contributed by atoms with Gasteiger partial charge in [-0.1, -0.05) is 17.7 Å². The third-order valence-electron chi connectivity index (χ3n) is 3.14. The summed E-state index contributed by atoms with van der Waals surface area (Å²) in [6.07, 6.45) is 3.51. The van der Waals surface area contributed by atoms with Gasteiger partial charge in [0.2, 0.25) is 0 Å². The number of nitrogens with zero attached hydrogens (tertiary/aromatic N) is 2. The van der Waals surface area contributed by atoms with Crippen LogP contribution in [0.15, 0.2) is 24.4 Å². The molecule has 18 heavy (non-hydrogen) atoms. The highest BCUT2D eigenvalue weighted by atomic mass is 35.5. The van der Waals surface area contributed by atoms with Crippen LogP contribution in [-0.4, -0.2) is 15.6 Å². The van der Waals surface area contributed by atoms with Crippen LogP contribution >= 0.6 is 11.6 Å². The van der Waals surface area contributed by atoms with Gasteiger partial charge in [0.05, 0.1) is 22.5 Å². The zero-order chi connectivity index (χ0) is 12.7. The Balaban J connectivity index is 2.22. The van der Waals surface area contributed by atoms with Crippen molar-refractivity contribution in [3.05, 3.63) is 46.5 Å². The van der Waals surface area contributed by atoms with E-state index >= 15 is 0 Å². The molecule has 0 radical (unpaired) electrons. The second-order valence-corrected chi connectivity index (χ2v) is 4.67. The third kappa shape index (κ3) is 1.64. The van der Waals surface area contributed by atoms with Gasteiger partial charge in [-0.3, -0.25) is 4.79 Å². The Bertz CT molecular complexity index is 616. The Labute approximate surface area is 108 Å². The molecule has 1 aliphatic carbocycles. The maximum atomic E-state index is 13.9. The van der Waals surface area contributed by atoms with Crippen LogP contribution in [0.3, 0.4) is 0 Å². The first-order valence-corrected chi connectivity index (χ1v) is 6.11. The number of aromatic nitrogens is 2. The minimum Gasteiger partial charge on any atom is -0.294 e. The zero-order valence-electron chi connectivity index (χ0n) is 9.49. The van der Waals surface area contributed by atoms with Crippen molar-refractivity contribution in [3.63, 3.8) is 0 Å². The van der Waals surface area contributed by atoms with Crippen molar-refractivity contribution < 1.29 is 9.18 Å². The van der Waals surface area contributed by atoms with Crippen LogP contribution in [-0.2, 0) is 6.42 Å². The standard InChI is InChI=1S/C13H10ClFN2O/c14-9-3-1-4-10(15)13(9)17-11-5-2-6-12(18)8(11)7-16-17/h1,3-4,7H,2,5-6H2. The number of hydrogen-bond donors (Lipinski definition) is 0. The van der Waals surface area contributed by atoms with Crippen molar-refractivity contribution in [1.29, 1.82) is 0 Å². The Hall–Kier alpha value is -1.68. The predicted octanol–water partition coefficient (Wildman–Crippen LogP) is 3.18. The van der Waals surface area contributed by atoms with Gasteiger partial charge in [0.1, 0.15) is 11.5 Å². The maximum Gasteiger partial charge on any atom is 0.166 e. The van der Waals surface area contributed by atoms with E-state index in [1.807, 2.05) is 0 Å². The summed E-state index contributed by atoms with van der Waals surface area (Å²) in [5.74, 6) is -0.374. The molecule has 0 bridgehead atoms. The first-order chi connectivity index (χ1) is 8.68. The van der Waals surface area contributed by atoms with Gasteiger partial charge in [0.15, 0.2) is 5.78 Å². The SMILES string of the molecule is O=C1CCCc2c1cnn2-c1c(F)cccc1Cl.